The summed E-state index contributed by atoms with van der Waals surface area (Å²) in [5.41, 5.74) is 0.537. The summed E-state index contributed by atoms with van der Waals surface area (Å²) in [6, 6.07) is 13.3. The average Bonchev–Trinajstić information content (AvgIpc) is 2.83. The van der Waals surface area contributed by atoms with Crippen LogP contribution in [0.15, 0.2) is 71.8 Å². The van der Waals surface area contributed by atoms with Gasteiger partial charge in [0.25, 0.3) is 0 Å². The third-order valence-corrected chi connectivity index (χ3v) is 6.94. The van der Waals surface area contributed by atoms with E-state index in [1.165, 1.54) is 12.1 Å². The molecule has 2 heterocycles. The molecule has 1 N–H and O–H groups in total. The van der Waals surface area contributed by atoms with Crippen molar-refractivity contribution in [2.24, 2.45) is 0 Å². The number of halogens is 4. The van der Waals surface area contributed by atoms with E-state index in [0.29, 0.717) is 43.6 Å². The topological polar surface area (TPSA) is 65.5 Å². The zero-order valence-electron chi connectivity index (χ0n) is 18.0. The maximum Gasteiger partial charge on any atom is 0.416 e. The standard InChI is InChI=1S/C23H22F4N4O2S/c24-19-4-6-20(7-5-19)30-10-12-31(13-11-30)22-14-17(8-9-28-22)16-29-34(32,33)21-3-1-2-18(15-21)23(25,26)27/h1-9,14-15,29H,10-13,16H2. The molecule has 4 rings (SSSR count). The van der Waals surface area contributed by atoms with Crippen LogP contribution in [-0.4, -0.2) is 39.6 Å². The molecule has 34 heavy (non-hydrogen) atoms. The van der Waals surface area contributed by atoms with E-state index in [2.05, 4.69) is 19.5 Å². The van der Waals surface area contributed by atoms with Gasteiger partial charge in [-0.2, -0.15) is 13.2 Å². The molecule has 180 valence electrons. The first-order chi connectivity index (χ1) is 16.1. The second-order valence-corrected chi connectivity index (χ2v) is 9.59. The first-order valence-electron chi connectivity index (χ1n) is 10.5. The van der Waals surface area contributed by atoms with E-state index in [0.717, 1.165) is 23.9 Å². The summed E-state index contributed by atoms with van der Waals surface area (Å²) >= 11 is 0. The van der Waals surface area contributed by atoms with Gasteiger partial charge >= 0.3 is 6.18 Å². The fourth-order valence-corrected chi connectivity index (χ4v) is 4.75. The Labute approximate surface area is 194 Å². The van der Waals surface area contributed by atoms with E-state index in [9.17, 15) is 26.0 Å². The summed E-state index contributed by atoms with van der Waals surface area (Å²) in [4.78, 5) is 8.12. The summed E-state index contributed by atoms with van der Waals surface area (Å²) in [5.74, 6) is 0.390. The number of hydrogen-bond donors (Lipinski definition) is 1. The first-order valence-corrected chi connectivity index (χ1v) is 12.0. The van der Waals surface area contributed by atoms with Crippen molar-refractivity contribution >= 4 is 21.5 Å². The molecule has 0 radical (unpaired) electrons. The van der Waals surface area contributed by atoms with Crippen LogP contribution in [-0.2, 0) is 22.7 Å². The van der Waals surface area contributed by atoms with Gasteiger partial charge in [0.2, 0.25) is 10.0 Å². The van der Waals surface area contributed by atoms with E-state index in [4.69, 9.17) is 0 Å². The van der Waals surface area contributed by atoms with Crippen LogP contribution < -0.4 is 14.5 Å². The summed E-state index contributed by atoms with van der Waals surface area (Å²) in [5, 5.41) is 0. The molecule has 1 saturated heterocycles. The van der Waals surface area contributed by atoms with E-state index >= 15 is 0 Å². The Morgan fingerprint density at radius 3 is 2.26 bits per heavy atom. The van der Waals surface area contributed by atoms with E-state index < -0.39 is 26.7 Å². The molecule has 2 aromatic carbocycles. The average molecular weight is 495 g/mol. The molecule has 0 saturated carbocycles. The predicted octanol–water partition coefficient (Wildman–Crippen LogP) is 4.04. The maximum absolute atomic E-state index is 13.2. The van der Waals surface area contributed by atoms with E-state index in [-0.39, 0.29) is 12.4 Å². The number of nitrogens with zero attached hydrogens (tertiary/aromatic N) is 3. The fourth-order valence-electron chi connectivity index (χ4n) is 3.69. The number of hydrogen-bond acceptors (Lipinski definition) is 5. The van der Waals surface area contributed by atoms with E-state index in [1.54, 1.807) is 30.5 Å². The minimum absolute atomic E-state index is 0.0936. The number of nitrogens with one attached hydrogen (secondary N) is 1. The molecule has 11 heteroatoms. The minimum Gasteiger partial charge on any atom is -0.368 e. The highest BCUT2D eigenvalue weighted by atomic mass is 32.2. The Morgan fingerprint density at radius 2 is 1.59 bits per heavy atom. The van der Waals surface area contributed by atoms with Gasteiger partial charge in [-0.25, -0.2) is 22.5 Å². The predicted molar refractivity (Wildman–Crippen MR) is 121 cm³/mol. The maximum atomic E-state index is 13.2. The minimum atomic E-state index is -4.63. The Hall–Kier alpha value is -3.18. The van der Waals surface area contributed by atoms with Gasteiger partial charge in [0.15, 0.2) is 0 Å². The van der Waals surface area contributed by atoms with E-state index in [1.807, 2.05) is 0 Å². The van der Waals surface area contributed by atoms with Crippen LogP contribution in [0.25, 0.3) is 0 Å². The van der Waals surface area contributed by atoms with Crippen LogP contribution in [0.2, 0.25) is 0 Å². The molecule has 6 nitrogen and oxygen atoms in total. The van der Waals surface area contributed by atoms with Gasteiger partial charge in [0, 0.05) is 44.6 Å². The molecule has 0 atom stereocenters. The Balaban J connectivity index is 1.39. The lowest BCUT2D eigenvalue weighted by Crippen LogP contribution is -2.46. The molecule has 0 amide bonds. The number of piperazine rings is 1. The molecule has 3 aromatic rings. The third kappa shape index (κ3) is 5.65. The van der Waals surface area contributed by atoms with Crippen molar-refractivity contribution in [1.29, 1.82) is 0 Å². The monoisotopic (exact) mass is 494 g/mol. The Bertz CT molecular complexity index is 1240. The zero-order valence-corrected chi connectivity index (χ0v) is 18.8. The zero-order chi connectivity index (χ0) is 24.3. The summed E-state index contributed by atoms with van der Waals surface area (Å²) in [6.45, 7) is 2.66. The summed E-state index contributed by atoms with van der Waals surface area (Å²) in [7, 11) is -4.14. The highest BCUT2D eigenvalue weighted by molar-refractivity contribution is 7.89. The molecule has 1 aliphatic heterocycles. The van der Waals surface area contributed by atoms with Gasteiger partial charge in [-0.1, -0.05) is 6.07 Å². The molecule has 1 fully saturated rings. The SMILES string of the molecule is O=S(=O)(NCc1ccnc(N2CCN(c3ccc(F)cc3)CC2)c1)c1cccc(C(F)(F)F)c1. The van der Waals surface area contributed by atoms with Crippen molar-refractivity contribution in [2.75, 3.05) is 36.0 Å². The van der Waals surface area contributed by atoms with Crippen LogP contribution in [0, 0.1) is 5.82 Å². The van der Waals surface area contributed by atoms with Crippen molar-refractivity contribution in [3.63, 3.8) is 0 Å². The van der Waals surface area contributed by atoms with Crippen molar-refractivity contribution in [2.45, 2.75) is 17.6 Å². The third-order valence-electron chi connectivity index (χ3n) is 5.54. The van der Waals surface area contributed by atoms with Crippen molar-refractivity contribution in [1.82, 2.24) is 9.71 Å². The highest BCUT2D eigenvalue weighted by Gasteiger charge is 2.31. The Kier molecular flexibility index (Phi) is 6.76. The quantitative estimate of drug-likeness (QED) is 0.524. The van der Waals surface area contributed by atoms with Crippen molar-refractivity contribution in [3.05, 3.63) is 83.8 Å². The lowest BCUT2D eigenvalue weighted by molar-refractivity contribution is -0.137. The van der Waals surface area contributed by atoms with Gasteiger partial charge in [-0.3, -0.25) is 0 Å². The molecule has 0 unspecified atom stereocenters. The number of pyridine rings is 1. The number of sulfonamides is 1. The van der Waals surface area contributed by atoms with Crippen LogP contribution >= 0.6 is 0 Å². The summed E-state index contributed by atoms with van der Waals surface area (Å²) in [6.07, 6.45) is -3.07. The van der Waals surface area contributed by atoms with Crippen LogP contribution in [0.4, 0.5) is 29.1 Å². The molecule has 0 spiro atoms. The second kappa shape index (κ2) is 9.59. The molecule has 0 aliphatic carbocycles. The number of aromatic nitrogens is 1. The number of anilines is 2. The van der Waals surface area contributed by atoms with Gasteiger partial charge in [0.05, 0.1) is 10.5 Å². The number of benzene rings is 2. The van der Waals surface area contributed by atoms with Crippen molar-refractivity contribution < 1.29 is 26.0 Å². The lowest BCUT2D eigenvalue weighted by Gasteiger charge is -2.36. The van der Waals surface area contributed by atoms with Gasteiger partial charge in [-0.05, 0) is 60.2 Å². The highest BCUT2D eigenvalue weighted by Crippen LogP contribution is 2.30. The molecule has 1 aliphatic rings. The fraction of sp³-hybridized carbons (Fsp3) is 0.261. The second-order valence-electron chi connectivity index (χ2n) is 7.82. The smallest absolute Gasteiger partial charge is 0.368 e. The van der Waals surface area contributed by atoms with Crippen LogP contribution in [0.3, 0.4) is 0 Å². The number of rotatable bonds is 6. The van der Waals surface area contributed by atoms with Gasteiger partial charge in [-0.15, -0.1) is 0 Å². The van der Waals surface area contributed by atoms with Crippen LogP contribution in [0.5, 0.6) is 0 Å². The lowest BCUT2D eigenvalue weighted by atomic mass is 10.2. The van der Waals surface area contributed by atoms with Crippen LogP contribution in [0.1, 0.15) is 11.1 Å². The first kappa shape index (κ1) is 24.0. The largest absolute Gasteiger partial charge is 0.416 e. The normalized spacial score (nSPS) is 14.9. The Morgan fingerprint density at radius 1 is 0.912 bits per heavy atom. The molecular formula is C23H22F4N4O2S. The molecule has 0 bridgehead atoms. The van der Waals surface area contributed by atoms with Crippen molar-refractivity contribution in [3.8, 4) is 0 Å². The molecule has 1 aromatic heterocycles. The van der Waals surface area contributed by atoms with Gasteiger partial charge < -0.3 is 9.80 Å². The molecular weight excluding hydrogens is 472 g/mol. The number of alkyl halides is 3. The van der Waals surface area contributed by atoms with Gasteiger partial charge in [0.1, 0.15) is 11.6 Å². The summed E-state index contributed by atoms with van der Waals surface area (Å²) < 4.78 is 79.3.